The summed E-state index contributed by atoms with van der Waals surface area (Å²) in [5, 5.41) is 0.571. The number of aliphatic imine (C=N–C) groups is 1. The molecule has 0 amide bonds. The molecule has 1 rings (SSSR count). The van der Waals surface area contributed by atoms with Gasteiger partial charge in [-0.15, -0.1) is 0 Å². The van der Waals surface area contributed by atoms with E-state index in [4.69, 9.17) is 22.1 Å². The third kappa shape index (κ3) is 2.64. The average molecular weight is 213 g/mol. The average Bonchev–Trinajstić information content (AvgIpc) is 2.21. The Kier molecular flexibility index (Phi) is 3.77. The molecule has 0 unspecified atom stereocenters. The van der Waals surface area contributed by atoms with Gasteiger partial charge in [-0.05, 0) is 12.1 Å². The first-order chi connectivity index (χ1) is 6.67. The van der Waals surface area contributed by atoms with Gasteiger partial charge in [-0.25, -0.2) is 4.99 Å². The molecule has 0 radical (unpaired) electrons. The smallest absolute Gasteiger partial charge is 0.121 e. The quantitative estimate of drug-likeness (QED) is 0.619. The Labute approximate surface area is 88.5 Å². The Bertz CT molecular complexity index is 350. The van der Waals surface area contributed by atoms with Crippen molar-refractivity contribution in [2.45, 2.75) is 13.3 Å². The minimum Gasteiger partial charge on any atom is -0.497 e. The number of amidine groups is 1. The van der Waals surface area contributed by atoms with Crippen molar-refractivity contribution >= 4 is 23.1 Å². The predicted molar refractivity (Wildman–Crippen MR) is 59.6 cm³/mol. The molecule has 4 heteroatoms. The zero-order valence-corrected chi connectivity index (χ0v) is 9.01. The molecule has 0 bridgehead atoms. The van der Waals surface area contributed by atoms with Gasteiger partial charge in [0.2, 0.25) is 0 Å². The van der Waals surface area contributed by atoms with E-state index in [1.165, 1.54) is 0 Å². The monoisotopic (exact) mass is 212 g/mol. The van der Waals surface area contributed by atoms with E-state index in [1.54, 1.807) is 25.3 Å². The van der Waals surface area contributed by atoms with Gasteiger partial charge in [0.25, 0.3) is 0 Å². The van der Waals surface area contributed by atoms with Crippen molar-refractivity contribution in [1.82, 2.24) is 0 Å². The molecule has 3 nitrogen and oxygen atoms in total. The van der Waals surface area contributed by atoms with Crippen LogP contribution in [0.2, 0.25) is 5.02 Å². The maximum atomic E-state index is 5.94. The lowest BCUT2D eigenvalue weighted by atomic mass is 10.3. The van der Waals surface area contributed by atoms with Crippen LogP contribution in [0.15, 0.2) is 23.2 Å². The largest absolute Gasteiger partial charge is 0.497 e. The molecule has 76 valence electrons. The third-order valence-corrected chi connectivity index (χ3v) is 2.10. The van der Waals surface area contributed by atoms with Gasteiger partial charge < -0.3 is 10.5 Å². The van der Waals surface area contributed by atoms with E-state index >= 15 is 0 Å². The Morgan fingerprint density at radius 3 is 2.86 bits per heavy atom. The molecular formula is C10H13ClN2O. The number of hydrogen-bond acceptors (Lipinski definition) is 2. The molecule has 0 saturated carbocycles. The summed E-state index contributed by atoms with van der Waals surface area (Å²) in [6.07, 6.45) is 0.702. The van der Waals surface area contributed by atoms with E-state index in [2.05, 4.69) is 4.99 Å². The van der Waals surface area contributed by atoms with Crippen LogP contribution < -0.4 is 10.5 Å². The van der Waals surface area contributed by atoms with E-state index in [9.17, 15) is 0 Å². The van der Waals surface area contributed by atoms with Gasteiger partial charge in [-0.2, -0.15) is 0 Å². The fourth-order valence-electron chi connectivity index (χ4n) is 0.939. The second-order valence-corrected chi connectivity index (χ2v) is 3.18. The van der Waals surface area contributed by atoms with E-state index in [1.807, 2.05) is 6.92 Å². The number of nitrogens with zero attached hydrogens (tertiary/aromatic N) is 1. The lowest BCUT2D eigenvalue weighted by Gasteiger charge is -2.03. The highest BCUT2D eigenvalue weighted by Crippen LogP contribution is 2.29. The van der Waals surface area contributed by atoms with E-state index in [0.29, 0.717) is 23.0 Å². The first-order valence-corrected chi connectivity index (χ1v) is 4.71. The highest BCUT2D eigenvalue weighted by molar-refractivity contribution is 6.33. The molecule has 2 N–H and O–H groups in total. The fourth-order valence-corrected chi connectivity index (χ4v) is 1.10. The normalized spacial score (nSPS) is 11.5. The van der Waals surface area contributed by atoms with Crippen molar-refractivity contribution in [3.05, 3.63) is 23.2 Å². The molecule has 14 heavy (non-hydrogen) atoms. The molecule has 0 aliphatic carbocycles. The summed E-state index contributed by atoms with van der Waals surface area (Å²) in [4.78, 5) is 4.17. The van der Waals surface area contributed by atoms with Crippen LogP contribution in [0.5, 0.6) is 5.75 Å². The minimum atomic E-state index is 0.556. The third-order valence-electron chi connectivity index (χ3n) is 1.78. The number of methoxy groups -OCH3 is 1. The number of nitrogens with two attached hydrogens (primary N) is 1. The molecule has 1 aromatic carbocycles. The van der Waals surface area contributed by atoms with Crippen LogP contribution in [0.1, 0.15) is 13.3 Å². The van der Waals surface area contributed by atoms with Gasteiger partial charge in [-0.1, -0.05) is 18.5 Å². The summed E-state index contributed by atoms with van der Waals surface area (Å²) >= 11 is 5.94. The van der Waals surface area contributed by atoms with Crippen LogP contribution in [0, 0.1) is 0 Å². The van der Waals surface area contributed by atoms with Crippen molar-refractivity contribution in [3.63, 3.8) is 0 Å². The number of hydrogen-bond donors (Lipinski definition) is 1. The summed E-state index contributed by atoms with van der Waals surface area (Å²) in [5.74, 6) is 1.28. The first kappa shape index (κ1) is 10.9. The molecule has 0 saturated heterocycles. The molecule has 0 spiro atoms. The number of rotatable bonds is 3. The fraction of sp³-hybridized carbons (Fsp3) is 0.300. The Hall–Kier alpha value is -1.22. The first-order valence-electron chi connectivity index (χ1n) is 4.34. The van der Waals surface area contributed by atoms with Crippen molar-refractivity contribution in [2.24, 2.45) is 10.7 Å². The maximum Gasteiger partial charge on any atom is 0.121 e. The lowest BCUT2D eigenvalue weighted by Crippen LogP contribution is -2.08. The van der Waals surface area contributed by atoms with Gasteiger partial charge >= 0.3 is 0 Å². The van der Waals surface area contributed by atoms with Gasteiger partial charge in [0.05, 0.1) is 23.7 Å². The van der Waals surface area contributed by atoms with Crippen LogP contribution in [-0.4, -0.2) is 12.9 Å². The Morgan fingerprint density at radius 2 is 2.29 bits per heavy atom. The Balaban J connectivity index is 3.06. The summed E-state index contributed by atoms with van der Waals surface area (Å²) < 4.78 is 5.06. The molecular weight excluding hydrogens is 200 g/mol. The van der Waals surface area contributed by atoms with Crippen molar-refractivity contribution in [2.75, 3.05) is 7.11 Å². The standard InChI is InChI=1S/C10H13ClN2O/c1-3-10(12)13-9-6-7(14-2)4-5-8(9)11/h4-6H,3H2,1-2H3,(H2,12,13). The highest BCUT2D eigenvalue weighted by atomic mass is 35.5. The van der Waals surface area contributed by atoms with Crippen LogP contribution in [0.25, 0.3) is 0 Å². The van der Waals surface area contributed by atoms with Crippen molar-refractivity contribution in [1.29, 1.82) is 0 Å². The number of halogens is 1. The van der Waals surface area contributed by atoms with Crippen LogP contribution in [0.3, 0.4) is 0 Å². The lowest BCUT2D eigenvalue weighted by molar-refractivity contribution is 0.415. The zero-order valence-electron chi connectivity index (χ0n) is 8.25. The summed E-state index contributed by atoms with van der Waals surface area (Å²) in [7, 11) is 1.60. The highest BCUT2D eigenvalue weighted by Gasteiger charge is 2.01. The molecule has 0 fully saturated rings. The topological polar surface area (TPSA) is 47.6 Å². The predicted octanol–water partition coefficient (Wildman–Crippen LogP) is 2.75. The summed E-state index contributed by atoms with van der Waals surface area (Å²) in [5.41, 5.74) is 6.26. The van der Waals surface area contributed by atoms with Crippen LogP contribution >= 0.6 is 11.6 Å². The maximum absolute atomic E-state index is 5.94. The van der Waals surface area contributed by atoms with Crippen LogP contribution in [-0.2, 0) is 0 Å². The number of benzene rings is 1. The summed E-state index contributed by atoms with van der Waals surface area (Å²) in [6.45, 7) is 1.94. The SMILES string of the molecule is CCC(N)=Nc1cc(OC)ccc1Cl. The second kappa shape index (κ2) is 4.86. The van der Waals surface area contributed by atoms with E-state index < -0.39 is 0 Å². The van der Waals surface area contributed by atoms with Gasteiger partial charge in [0.15, 0.2) is 0 Å². The zero-order chi connectivity index (χ0) is 10.6. The molecule has 0 aliphatic heterocycles. The Morgan fingerprint density at radius 1 is 1.57 bits per heavy atom. The minimum absolute atomic E-state index is 0.556. The van der Waals surface area contributed by atoms with Crippen molar-refractivity contribution < 1.29 is 4.74 Å². The second-order valence-electron chi connectivity index (χ2n) is 2.77. The number of ether oxygens (including phenoxy) is 1. The molecule has 0 heterocycles. The van der Waals surface area contributed by atoms with Gasteiger partial charge in [-0.3, -0.25) is 0 Å². The van der Waals surface area contributed by atoms with Gasteiger partial charge in [0, 0.05) is 12.5 Å². The van der Waals surface area contributed by atoms with E-state index in [0.717, 1.165) is 5.75 Å². The van der Waals surface area contributed by atoms with Crippen molar-refractivity contribution in [3.8, 4) is 5.75 Å². The summed E-state index contributed by atoms with van der Waals surface area (Å²) in [6, 6.07) is 5.27. The molecule has 0 atom stereocenters. The molecule has 1 aromatic rings. The van der Waals surface area contributed by atoms with Gasteiger partial charge in [0.1, 0.15) is 5.75 Å². The molecule has 0 aromatic heterocycles. The molecule has 0 aliphatic rings. The van der Waals surface area contributed by atoms with E-state index in [-0.39, 0.29) is 0 Å². The van der Waals surface area contributed by atoms with Crippen LogP contribution in [0.4, 0.5) is 5.69 Å².